The Morgan fingerprint density at radius 2 is 2.27 bits per heavy atom. The van der Waals surface area contributed by atoms with Gasteiger partial charge in [-0.1, -0.05) is 32.4 Å². The Balaban J connectivity index is 2.23. The second-order valence-electron chi connectivity index (χ2n) is 4.52. The van der Waals surface area contributed by atoms with E-state index < -0.39 is 0 Å². The Bertz CT molecular complexity index is 178. The number of fused-ring (bicyclic) bond motifs is 1. The van der Waals surface area contributed by atoms with Gasteiger partial charge in [0, 0.05) is 0 Å². The topological polar surface area (TPSA) is 0 Å². The first kappa shape index (κ1) is 7.39. The average molecular weight is 150 g/mol. The van der Waals surface area contributed by atoms with Gasteiger partial charge in [-0.25, -0.2) is 0 Å². The van der Waals surface area contributed by atoms with Gasteiger partial charge in [-0.15, -0.1) is 0 Å². The second kappa shape index (κ2) is 2.36. The molecule has 0 spiro atoms. The van der Waals surface area contributed by atoms with Crippen molar-refractivity contribution in [1.29, 1.82) is 0 Å². The Labute approximate surface area is 69.7 Å². The van der Waals surface area contributed by atoms with Crippen LogP contribution in [0.15, 0.2) is 12.2 Å². The summed E-state index contributed by atoms with van der Waals surface area (Å²) in [5.41, 5.74) is 0.694. The zero-order valence-electron chi connectivity index (χ0n) is 7.64. The maximum atomic E-state index is 2.47. The number of rotatable bonds is 1. The van der Waals surface area contributed by atoms with Crippen LogP contribution in [0.4, 0.5) is 0 Å². The molecule has 0 radical (unpaired) electrons. The third-order valence-corrected chi connectivity index (χ3v) is 3.91. The molecule has 0 N–H and O–H groups in total. The molecule has 2 aliphatic rings. The van der Waals surface area contributed by atoms with Crippen molar-refractivity contribution in [2.45, 2.75) is 39.5 Å². The summed E-state index contributed by atoms with van der Waals surface area (Å²) in [4.78, 5) is 0. The van der Waals surface area contributed by atoms with E-state index in [1.807, 2.05) is 0 Å². The summed E-state index contributed by atoms with van der Waals surface area (Å²) in [5.74, 6) is 1.81. The maximum absolute atomic E-state index is 2.47. The standard InChI is InChI=1S/C11H18/c1-9(2)11-7-3-5-10(11)6-4-8-11/h3,5,9-10H,4,6-8H2,1-2H3/t10-,11+/m0/s1. The molecule has 0 unspecified atom stereocenters. The highest BCUT2D eigenvalue weighted by atomic mass is 14.5. The van der Waals surface area contributed by atoms with Gasteiger partial charge in [0.2, 0.25) is 0 Å². The lowest BCUT2D eigenvalue weighted by Crippen LogP contribution is -2.26. The molecule has 0 aromatic heterocycles. The molecule has 11 heavy (non-hydrogen) atoms. The number of hydrogen-bond acceptors (Lipinski definition) is 0. The summed E-state index contributed by atoms with van der Waals surface area (Å²) in [5, 5.41) is 0. The van der Waals surface area contributed by atoms with E-state index in [1.165, 1.54) is 25.7 Å². The molecule has 2 rings (SSSR count). The molecule has 0 amide bonds. The lowest BCUT2D eigenvalue weighted by Gasteiger charge is -2.34. The molecule has 2 aliphatic carbocycles. The van der Waals surface area contributed by atoms with Crippen molar-refractivity contribution in [1.82, 2.24) is 0 Å². The summed E-state index contributed by atoms with van der Waals surface area (Å²) in [6.07, 6.45) is 10.6. The minimum Gasteiger partial charge on any atom is -0.0877 e. The largest absolute Gasteiger partial charge is 0.0877 e. The summed E-state index contributed by atoms with van der Waals surface area (Å²) in [6, 6.07) is 0. The number of hydrogen-bond donors (Lipinski definition) is 0. The van der Waals surface area contributed by atoms with Gasteiger partial charge in [-0.2, -0.15) is 0 Å². The average Bonchev–Trinajstić information content (AvgIpc) is 2.40. The van der Waals surface area contributed by atoms with Crippen LogP contribution in [0.25, 0.3) is 0 Å². The first-order valence-electron chi connectivity index (χ1n) is 4.92. The van der Waals surface area contributed by atoms with E-state index in [0.717, 1.165) is 11.8 Å². The van der Waals surface area contributed by atoms with Crippen molar-refractivity contribution in [3.05, 3.63) is 12.2 Å². The van der Waals surface area contributed by atoms with Crippen molar-refractivity contribution in [3.8, 4) is 0 Å². The molecule has 62 valence electrons. The van der Waals surface area contributed by atoms with E-state index in [0.29, 0.717) is 5.41 Å². The van der Waals surface area contributed by atoms with E-state index in [-0.39, 0.29) is 0 Å². The Morgan fingerprint density at radius 3 is 2.91 bits per heavy atom. The third kappa shape index (κ3) is 0.881. The summed E-state index contributed by atoms with van der Waals surface area (Å²) in [6.45, 7) is 4.79. The molecule has 0 heterocycles. The van der Waals surface area contributed by atoms with Gasteiger partial charge in [0.25, 0.3) is 0 Å². The Hall–Kier alpha value is -0.260. The van der Waals surface area contributed by atoms with Crippen molar-refractivity contribution in [3.63, 3.8) is 0 Å². The summed E-state index contributed by atoms with van der Waals surface area (Å²) < 4.78 is 0. The van der Waals surface area contributed by atoms with Gasteiger partial charge in [0.05, 0.1) is 0 Å². The molecular formula is C11H18. The van der Waals surface area contributed by atoms with Crippen molar-refractivity contribution in [2.24, 2.45) is 17.3 Å². The van der Waals surface area contributed by atoms with Gasteiger partial charge >= 0.3 is 0 Å². The fourth-order valence-electron chi connectivity index (χ4n) is 3.07. The van der Waals surface area contributed by atoms with E-state index in [2.05, 4.69) is 26.0 Å². The molecule has 0 nitrogen and oxygen atoms in total. The molecule has 1 saturated carbocycles. The van der Waals surface area contributed by atoms with E-state index in [9.17, 15) is 0 Å². The van der Waals surface area contributed by atoms with Crippen LogP contribution in [0.1, 0.15) is 39.5 Å². The van der Waals surface area contributed by atoms with E-state index >= 15 is 0 Å². The van der Waals surface area contributed by atoms with E-state index in [4.69, 9.17) is 0 Å². The smallest absolute Gasteiger partial charge is 0.0171 e. The zero-order valence-corrected chi connectivity index (χ0v) is 7.64. The SMILES string of the molecule is CC(C)[C@]12CC=C[C@H]1CCC2. The lowest BCUT2D eigenvalue weighted by atomic mass is 9.71. The minimum atomic E-state index is 0.694. The fourth-order valence-corrected chi connectivity index (χ4v) is 3.07. The van der Waals surface area contributed by atoms with Crippen LogP contribution >= 0.6 is 0 Å². The van der Waals surface area contributed by atoms with Crippen LogP contribution in [-0.2, 0) is 0 Å². The van der Waals surface area contributed by atoms with Gasteiger partial charge in [-0.05, 0) is 36.5 Å². The third-order valence-electron chi connectivity index (χ3n) is 3.91. The van der Waals surface area contributed by atoms with E-state index in [1.54, 1.807) is 0 Å². The predicted octanol–water partition coefficient (Wildman–Crippen LogP) is 3.39. The molecular weight excluding hydrogens is 132 g/mol. The van der Waals surface area contributed by atoms with Crippen LogP contribution in [0.5, 0.6) is 0 Å². The highest BCUT2D eigenvalue weighted by molar-refractivity contribution is 5.12. The Kier molecular flexibility index (Phi) is 1.59. The van der Waals surface area contributed by atoms with Crippen LogP contribution in [0.2, 0.25) is 0 Å². The van der Waals surface area contributed by atoms with Crippen LogP contribution in [0.3, 0.4) is 0 Å². The zero-order chi connectivity index (χ0) is 7.90. The van der Waals surface area contributed by atoms with Crippen molar-refractivity contribution in [2.75, 3.05) is 0 Å². The van der Waals surface area contributed by atoms with Gasteiger partial charge in [-0.3, -0.25) is 0 Å². The highest BCUT2D eigenvalue weighted by Crippen LogP contribution is 2.55. The molecule has 0 aliphatic heterocycles. The minimum absolute atomic E-state index is 0.694. The van der Waals surface area contributed by atoms with Gasteiger partial charge in [0.1, 0.15) is 0 Å². The van der Waals surface area contributed by atoms with Crippen molar-refractivity contribution >= 4 is 0 Å². The normalized spacial score (nSPS) is 41.9. The lowest BCUT2D eigenvalue weighted by molar-refractivity contribution is 0.169. The maximum Gasteiger partial charge on any atom is -0.0171 e. The quantitative estimate of drug-likeness (QED) is 0.503. The fraction of sp³-hybridized carbons (Fsp3) is 0.818. The molecule has 0 heteroatoms. The Morgan fingerprint density at radius 1 is 1.45 bits per heavy atom. The number of allylic oxidation sites excluding steroid dienone is 2. The van der Waals surface area contributed by atoms with Crippen LogP contribution in [-0.4, -0.2) is 0 Å². The summed E-state index contributed by atoms with van der Waals surface area (Å²) >= 11 is 0. The van der Waals surface area contributed by atoms with Crippen molar-refractivity contribution < 1.29 is 0 Å². The molecule has 0 aromatic rings. The molecule has 2 atom stereocenters. The predicted molar refractivity (Wildman–Crippen MR) is 48.4 cm³/mol. The monoisotopic (exact) mass is 150 g/mol. The first-order valence-corrected chi connectivity index (χ1v) is 4.92. The molecule has 0 bridgehead atoms. The highest BCUT2D eigenvalue weighted by Gasteiger charge is 2.45. The summed E-state index contributed by atoms with van der Waals surface area (Å²) in [7, 11) is 0. The first-order chi connectivity index (χ1) is 5.26. The molecule has 0 saturated heterocycles. The molecule has 1 fully saturated rings. The van der Waals surface area contributed by atoms with Gasteiger partial charge < -0.3 is 0 Å². The van der Waals surface area contributed by atoms with Crippen LogP contribution < -0.4 is 0 Å². The van der Waals surface area contributed by atoms with Gasteiger partial charge in [0.15, 0.2) is 0 Å². The second-order valence-corrected chi connectivity index (χ2v) is 4.52. The van der Waals surface area contributed by atoms with Crippen LogP contribution in [0, 0.1) is 17.3 Å². The molecule has 0 aromatic carbocycles.